The summed E-state index contributed by atoms with van der Waals surface area (Å²) in [5.74, 6) is 0.760. The number of carbonyl (C=O) groups is 1. The molecular formula is C12H16O4S. The maximum Gasteiger partial charge on any atom is 0.313 e. The second-order valence-corrected chi connectivity index (χ2v) is 4.52. The number of methoxy groups -OCH3 is 1. The first-order valence-corrected chi connectivity index (χ1v) is 6.29. The van der Waals surface area contributed by atoms with Gasteiger partial charge in [-0.2, -0.15) is 0 Å². The van der Waals surface area contributed by atoms with Crippen LogP contribution in [0.15, 0.2) is 18.2 Å². The van der Waals surface area contributed by atoms with E-state index in [2.05, 4.69) is 0 Å². The Morgan fingerprint density at radius 2 is 2.24 bits per heavy atom. The van der Waals surface area contributed by atoms with E-state index < -0.39 is 5.97 Å². The molecule has 0 aliphatic carbocycles. The average Bonchev–Trinajstić information content (AvgIpc) is 2.29. The fourth-order valence-electron chi connectivity index (χ4n) is 1.27. The van der Waals surface area contributed by atoms with Crippen LogP contribution in [0.25, 0.3) is 0 Å². The van der Waals surface area contributed by atoms with Gasteiger partial charge in [0.15, 0.2) is 6.79 Å². The lowest BCUT2D eigenvalue weighted by molar-refractivity contribution is -0.133. The Morgan fingerprint density at radius 1 is 1.47 bits per heavy atom. The molecule has 0 saturated carbocycles. The van der Waals surface area contributed by atoms with Gasteiger partial charge >= 0.3 is 5.97 Å². The number of benzene rings is 1. The van der Waals surface area contributed by atoms with E-state index in [1.54, 1.807) is 7.11 Å². The van der Waals surface area contributed by atoms with Gasteiger partial charge in [-0.25, -0.2) is 0 Å². The van der Waals surface area contributed by atoms with E-state index >= 15 is 0 Å². The van der Waals surface area contributed by atoms with Crippen LogP contribution in [0.3, 0.4) is 0 Å². The van der Waals surface area contributed by atoms with Gasteiger partial charge in [-0.1, -0.05) is 12.1 Å². The van der Waals surface area contributed by atoms with Gasteiger partial charge < -0.3 is 14.6 Å². The summed E-state index contributed by atoms with van der Waals surface area (Å²) in [5.41, 5.74) is 2.09. The molecule has 94 valence electrons. The van der Waals surface area contributed by atoms with Crippen molar-refractivity contribution in [3.63, 3.8) is 0 Å². The molecule has 0 unspecified atom stereocenters. The highest BCUT2D eigenvalue weighted by Crippen LogP contribution is 2.22. The molecule has 0 fully saturated rings. The van der Waals surface area contributed by atoms with E-state index in [1.807, 2.05) is 25.1 Å². The molecule has 1 rings (SSSR count). The van der Waals surface area contributed by atoms with Crippen molar-refractivity contribution in [2.24, 2.45) is 0 Å². The first-order valence-electron chi connectivity index (χ1n) is 5.14. The lowest BCUT2D eigenvalue weighted by atomic mass is 10.1. The standard InChI is InChI=1S/C12H16O4S/c1-9-3-4-10(6-17-7-12(13)14)5-11(9)16-8-15-2/h3-5H,6-8H2,1-2H3,(H,13,14). The number of ether oxygens (including phenoxy) is 2. The first-order chi connectivity index (χ1) is 8.13. The van der Waals surface area contributed by atoms with E-state index in [0.717, 1.165) is 16.9 Å². The minimum absolute atomic E-state index is 0.113. The highest BCUT2D eigenvalue weighted by atomic mass is 32.2. The lowest BCUT2D eigenvalue weighted by Crippen LogP contribution is -2.01. The fraction of sp³-hybridized carbons (Fsp3) is 0.417. The molecule has 0 bridgehead atoms. The number of aliphatic carboxylic acids is 1. The molecule has 0 radical (unpaired) electrons. The van der Waals surface area contributed by atoms with Crippen LogP contribution >= 0.6 is 11.8 Å². The molecule has 0 aliphatic rings. The molecule has 1 aromatic carbocycles. The predicted molar refractivity (Wildman–Crippen MR) is 67.5 cm³/mol. The van der Waals surface area contributed by atoms with Crippen molar-refractivity contribution >= 4 is 17.7 Å². The van der Waals surface area contributed by atoms with Crippen LogP contribution in [0.1, 0.15) is 11.1 Å². The summed E-state index contributed by atoms with van der Waals surface area (Å²) < 4.78 is 10.3. The van der Waals surface area contributed by atoms with Crippen LogP contribution in [0.5, 0.6) is 5.75 Å². The predicted octanol–water partition coefficient (Wildman–Crippen LogP) is 2.30. The number of hydrogen-bond acceptors (Lipinski definition) is 4. The Bertz CT molecular complexity index is 379. The normalized spacial score (nSPS) is 10.2. The van der Waals surface area contributed by atoms with Crippen molar-refractivity contribution < 1.29 is 19.4 Å². The van der Waals surface area contributed by atoms with E-state index in [1.165, 1.54) is 11.8 Å². The number of rotatable bonds is 7. The molecule has 0 aromatic heterocycles. The van der Waals surface area contributed by atoms with Crippen LogP contribution in [0, 0.1) is 6.92 Å². The monoisotopic (exact) mass is 256 g/mol. The van der Waals surface area contributed by atoms with Crippen molar-refractivity contribution in [2.75, 3.05) is 19.7 Å². The number of thioether (sulfide) groups is 1. The third-order valence-electron chi connectivity index (χ3n) is 2.08. The van der Waals surface area contributed by atoms with Gasteiger partial charge in [-0.05, 0) is 24.1 Å². The van der Waals surface area contributed by atoms with Crippen LogP contribution in [0.2, 0.25) is 0 Å². The zero-order valence-electron chi connectivity index (χ0n) is 9.93. The molecule has 0 aliphatic heterocycles. The zero-order valence-corrected chi connectivity index (χ0v) is 10.8. The van der Waals surface area contributed by atoms with Gasteiger partial charge in [0, 0.05) is 12.9 Å². The van der Waals surface area contributed by atoms with Gasteiger partial charge in [0.25, 0.3) is 0 Å². The van der Waals surface area contributed by atoms with Crippen molar-refractivity contribution in [3.05, 3.63) is 29.3 Å². The summed E-state index contributed by atoms with van der Waals surface area (Å²) in [6, 6.07) is 5.86. The molecule has 0 saturated heterocycles. The minimum Gasteiger partial charge on any atom is -0.481 e. The van der Waals surface area contributed by atoms with Crippen molar-refractivity contribution in [1.29, 1.82) is 0 Å². The number of aryl methyl sites for hydroxylation is 1. The molecule has 0 heterocycles. The fourth-order valence-corrected chi connectivity index (χ4v) is 1.96. The smallest absolute Gasteiger partial charge is 0.313 e. The van der Waals surface area contributed by atoms with Gasteiger partial charge in [0.05, 0.1) is 5.75 Å². The van der Waals surface area contributed by atoms with Gasteiger partial charge in [-0.3, -0.25) is 4.79 Å². The third-order valence-corrected chi connectivity index (χ3v) is 3.07. The van der Waals surface area contributed by atoms with Crippen LogP contribution in [0.4, 0.5) is 0 Å². The average molecular weight is 256 g/mol. The Labute approximate surface area is 105 Å². The van der Waals surface area contributed by atoms with Crippen molar-refractivity contribution in [2.45, 2.75) is 12.7 Å². The van der Waals surface area contributed by atoms with E-state index in [4.69, 9.17) is 14.6 Å². The van der Waals surface area contributed by atoms with Crippen LogP contribution < -0.4 is 4.74 Å². The summed E-state index contributed by atoms with van der Waals surface area (Å²) in [6.45, 7) is 2.17. The van der Waals surface area contributed by atoms with E-state index in [0.29, 0.717) is 5.75 Å². The second kappa shape index (κ2) is 7.19. The Balaban J connectivity index is 2.58. The van der Waals surface area contributed by atoms with Gasteiger partial charge in [-0.15, -0.1) is 11.8 Å². The maximum atomic E-state index is 10.4. The lowest BCUT2D eigenvalue weighted by Gasteiger charge is -2.09. The molecule has 17 heavy (non-hydrogen) atoms. The van der Waals surface area contributed by atoms with Gasteiger partial charge in [0.2, 0.25) is 0 Å². The summed E-state index contributed by atoms with van der Waals surface area (Å²) >= 11 is 1.37. The summed E-state index contributed by atoms with van der Waals surface area (Å²) in [7, 11) is 1.57. The van der Waals surface area contributed by atoms with Crippen LogP contribution in [-0.2, 0) is 15.3 Å². The Hall–Kier alpha value is -1.20. The molecule has 0 spiro atoms. The molecule has 4 nitrogen and oxygen atoms in total. The second-order valence-electron chi connectivity index (χ2n) is 3.54. The number of carboxylic acids is 1. The maximum absolute atomic E-state index is 10.4. The first kappa shape index (κ1) is 13.9. The number of carboxylic acid groups (broad SMARTS) is 1. The summed E-state index contributed by atoms with van der Waals surface area (Å²) in [4.78, 5) is 10.4. The highest BCUT2D eigenvalue weighted by molar-refractivity contribution is 7.99. The SMILES string of the molecule is COCOc1cc(CSCC(=O)O)ccc1C. The summed E-state index contributed by atoms with van der Waals surface area (Å²) in [6.07, 6.45) is 0. The highest BCUT2D eigenvalue weighted by Gasteiger charge is 2.03. The van der Waals surface area contributed by atoms with E-state index in [9.17, 15) is 4.79 Å². The van der Waals surface area contributed by atoms with Crippen LogP contribution in [-0.4, -0.2) is 30.7 Å². The quantitative estimate of drug-likeness (QED) is 0.759. The molecule has 1 N–H and O–H groups in total. The molecule has 0 amide bonds. The molecule has 0 atom stereocenters. The van der Waals surface area contributed by atoms with Crippen molar-refractivity contribution in [1.82, 2.24) is 0 Å². The molecule has 1 aromatic rings. The Kier molecular flexibility index (Phi) is 5.86. The van der Waals surface area contributed by atoms with Crippen molar-refractivity contribution in [3.8, 4) is 5.75 Å². The molecular weight excluding hydrogens is 240 g/mol. The Morgan fingerprint density at radius 3 is 2.88 bits per heavy atom. The summed E-state index contributed by atoms with van der Waals surface area (Å²) in [5, 5.41) is 8.54. The topological polar surface area (TPSA) is 55.8 Å². The van der Waals surface area contributed by atoms with Gasteiger partial charge in [0.1, 0.15) is 5.75 Å². The zero-order chi connectivity index (χ0) is 12.7. The third kappa shape index (κ3) is 5.10. The minimum atomic E-state index is -0.794. The van der Waals surface area contributed by atoms with E-state index in [-0.39, 0.29) is 12.5 Å². The largest absolute Gasteiger partial charge is 0.481 e. The molecule has 5 heteroatoms. The number of hydrogen-bond donors (Lipinski definition) is 1.